The predicted molar refractivity (Wildman–Crippen MR) is 106 cm³/mol. The van der Waals surface area contributed by atoms with E-state index in [1.54, 1.807) is 0 Å². The lowest BCUT2D eigenvalue weighted by Gasteiger charge is -2.13. The summed E-state index contributed by atoms with van der Waals surface area (Å²) in [6, 6.07) is 7.31. The molecule has 1 saturated heterocycles. The van der Waals surface area contributed by atoms with Crippen LogP contribution in [0.5, 0.6) is 0 Å². The molecule has 3 atom stereocenters. The molecule has 0 aliphatic carbocycles. The molecule has 1 fully saturated rings. The van der Waals surface area contributed by atoms with Crippen LogP contribution in [0.1, 0.15) is 18.2 Å². The Morgan fingerprint density at radius 1 is 1.38 bits per heavy atom. The topological polar surface area (TPSA) is 142 Å². The minimum absolute atomic E-state index is 0.0105. The van der Waals surface area contributed by atoms with Gasteiger partial charge < -0.3 is 14.9 Å². The normalized spacial score (nSPS) is 21.6. The highest BCUT2D eigenvalue weighted by atomic mass is 79.9. The van der Waals surface area contributed by atoms with Crippen LogP contribution in [-0.2, 0) is 16.0 Å². The molecule has 0 radical (unpaired) electrons. The van der Waals surface area contributed by atoms with Gasteiger partial charge in [-0.05, 0) is 17.7 Å². The van der Waals surface area contributed by atoms with E-state index < -0.39 is 24.0 Å². The lowest BCUT2D eigenvalue weighted by molar-refractivity contribution is -0.115. The average molecular weight is 464 g/mol. The zero-order valence-electron chi connectivity index (χ0n) is 15.1. The molecule has 3 aromatic rings. The zero-order chi connectivity index (χ0) is 20.5. The smallest absolute Gasteiger partial charge is 0.280 e. The molecule has 29 heavy (non-hydrogen) atoms. The van der Waals surface area contributed by atoms with E-state index >= 15 is 0 Å². The summed E-state index contributed by atoms with van der Waals surface area (Å²) >= 11 is 3.34. The summed E-state index contributed by atoms with van der Waals surface area (Å²) in [5, 5.41) is 21.8. The molecule has 152 valence electrons. The third kappa shape index (κ3) is 4.08. The van der Waals surface area contributed by atoms with E-state index in [4.69, 9.17) is 4.74 Å². The molecule has 0 saturated carbocycles. The Morgan fingerprint density at radius 3 is 2.83 bits per heavy atom. The van der Waals surface area contributed by atoms with Gasteiger partial charge in [0.05, 0.1) is 25.5 Å². The summed E-state index contributed by atoms with van der Waals surface area (Å²) in [4.78, 5) is 35.5. The molecule has 4 rings (SSSR count). The van der Waals surface area contributed by atoms with Gasteiger partial charge in [-0.3, -0.25) is 24.5 Å². The maximum atomic E-state index is 12.3. The minimum Gasteiger partial charge on any atom is -0.394 e. The number of benzene rings is 1. The SMILES string of the molecule is O=C(Cc1ccc(Br)cc1)Nc1nc2c(ncn2[C@H]2C[C@H](O)[C@@H](CO)O2)c(=O)[nH]1. The van der Waals surface area contributed by atoms with E-state index in [0.717, 1.165) is 10.0 Å². The number of H-pyrrole nitrogens is 1. The largest absolute Gasteiger partial charge is 0.394 e. The molecule has 0 spiro atoms. The first-order valence-corrected chi connectivity index (χ1v) is 9.69. The van der Waals surface area contributed by atoms with Gasteiger partial charge in [0.25, 0.3) is 5.56 Å². The van der Waals surface area contributed by atoms with Crippen LogP contribution in [0.3, 0.4) is 0 Å². The van der Waals surface area contributed by atoms with Crippen molar-refractivity contribution in [3.8, 4) is 0 Å². The van der Waals surface area contributed by atoms with E-state index in [9.17, 15) is 19.8 Å². The van der Waals surface area contributed by atoms with Crippen LogP contribution in [0.4, 0.5) is 5.95 Å². The summed E-state index contributed by atoms with van der Waals surface area (Å²) in [7, 11) is 0. The van der Waals surface area contributed by atoms with Gasteiger partial charge >= 0.3 is 0 Å². The molecule has 1 aliphatic rings. The molecular formula is C18H18BrN5O5. The molecular weight excluding hydrogens is 446 g/mol. The van der Waals surface area contributed by atoms with E-state index in [2.05, 4.69) is 36.2 Å². The summed E-state index contributed by atoms with van der Waals surface area (Å²) in [5.74, 6) is -0.350. The first-order valence-electron chi connectivity index (χ1n) is 8.90. The molecule has 1 amide bonds. The maximum Gasteiger partial charge on any atom is 0.280 e. The van der Waals surface area contributed by atoms with Crippen LogP contribution in [-0.4, -0.2) is 54.5 Å². The zero-order valence-corrected chi connectivity index (χ0v) is 16.7. The maximum absolute atomic E-state index is 12.3. The number of nitrogens with one attached hydrogen (secondary N) is 2. The van der Waals surface area contributed by atoms with Gasteiger partial charge in [-0.2, -0.15) is 4.98 Å². The summed E-state index contributed by atoms with van der Waals surface area (Å²) in [5.41, 5.74) is 0.595. The number of hydrogen-bond donors (Lipinski definition) is 4. The molecule has 4 N–H and O–H groups in total. The fraction of sp³-hybridized carbons (Fsp3) is 0.333. The molecule has 2 aromatic heterocycles. The number of amides is 1. The first-order chi connectivity index (χ1) is 13.9. The number of aliphatic hydroxyl groups excluding tert-OH is 2. The second-order valence-electron chi connectivity index (χ2n) is 6.70. The number of carbonyl (C=O) groups excluding carboxylic acids is 1. The Balaban J connectivity index is 1.57. The number of fused-ring (bicyclic) bond motifs is 1. The van der Waals surface area contributed by atoms with Crippen LogP contribution < -0.4 is 10.9 Å². The van der Waals surface area contributed by atoms with Crippen LogP contribution in [0.2, 0.25) is 0 Å². The van der Waals surface area contributed by atoms with Crippen molar-refractivity contribution in [2.24, 2.45) is 0 Å². The number of aliphatic hydroxyl groups is 2. The van der Waals surface area contributed by atoms with Gasteiger partial charge in [0.2, 0.25) is 11.9 Å². The van der Waals surface area contributed by atoms with E-state index in [-0.39, 0.29) is 42.5 Å². The van der Waals surface area contributed by atoms with Crippen molar-refractivity contribution < 1.29 is 19.7 Å². The van der Waals surface area contributed by atoms with E-state index in [1.165, 1.54) is 10.9 Å². The molecule has 0 unspecified atom stereocenters. The number of ether oxygens (including phenoxy) is 1. The van der Waals surface area contributed by atoms with Crippen molar-refractivity contribution in [3.63, 3.8) is 0 Å². The lowest BCUT2D eigenvalue weighted by Crippen LogP contribution is -2.24. The summed E-state index contributed by atoms with van der Waals surface area (Å²) < 4.78 is 8.02. The Labute approximate surface area is 172 Å². The second-order valence-corrected chi connectivity index (χ2v) is 7.62. The van der Waals surface area contributed by atoms with Crippen molar-refractivity contribution in [1.29, 1.82) is 0 Å². The number of aromatic nitrogens is 4. The minimum atomic E-state index is -0.838. The van der Waals surface area contributed by atoms with Crippen molar-refractivity contribution in [1.82, 2.24) is 19.5 Å². The number of anilines is 1. The van der Waals surface area contributed by atoms with Crippen molar-refractivity contribution in [2.45, 2.75) is 31.3 Å². The third-order valence-electron chi connectivity index (χ3n) is 4.66. The quantitative estimate of drug-likeness (QED) is 0.436. The van der Waals surface area contributed by atoms with Crippen LogP contribution >= 0.6 is 15.9 Å². The number of imidazole rings is 1. The van der Waals surface area contributed by atoms with E-state index in [1.807, 2.05) is 24.3 Å². The van der Waals surface area contributed by atoms with E-state index in [0.29, 0.717) is 0 Å². The molecule has 0 bridgehead atoms. The Bertz CT molecular complexity index is 1100. The van der Waals surface area contributed by atoms with Gasteiger partial charge in [0, 0.05) is 10.9 Å². The third-order valence-corrected chi connectivity index (χ3v) is 5.19. The van der Waals surface area contributed by atoms with Gasteiger partial charge in [0.15, 0.2) is 11.2 Å². The lowest BCUT2D eigenvalue weighted by atomic mass is 10.1. The number of nitrogens with zero attached hydrogens (tertiary/aromatic N) is 3. The standard InChI is InChI=1S/C18H18BrN5O5/c19-10-3-1-9(2-4-10)5-13(27)21-18-22-16-15(17(28)23-18)20-8-24(16)14-6-11(26)12(7-25)29-14/h1-4,8,11-12,14,25-26H,5-7H2,(H2,21,22,23,27,28)/t11-,12+,14+/m0/s1. The summed E-state index contributed by atoms with van der Waals surface area (Å²) in [6.07, 6.45) is -0.468. The molecule has 3 heterocycles. The van der Waals surface area contributed by atoms with Gasteiger partial charge in [0.1, 0.15) is 12.3 Å². The predicted octanol–water partition coefficient (Wildman–Crippen LogP) is 0.704. The Morgan fingerprint density at radius 2 is 2.14 bits per heavy atom. The van der Waals surface area contributed by atoms with Gasteiger partial charge in [-0.15, -0.1) is 0 Å². The molecule has 11 heteroatoms. The highest BCUT2D eigenvalue weighted by Gasteiger charge is 2.35. The number of hydrogen-bond acceptors (Lipinski definition) is 7. The van der Waals surface area contributed by atoms with Gasteiger partial charge in [-0.25, -0.2) is 4.98 Å². The van der Waals surface area contributed by atoms with Crippen LogP contribution in [0.25, 0.3) is 11.2 Å². The number of halogens is 1. The first kappa shape index (κ1) is 19.7. The van der Waals surface area contributed by atoms with Crippen molar-refractivity contribution in [3.05, 3.63) is 51.0 Å². The molecule has 1 aromatic carbocycles. The fourth-order valence-corrected chi connectivity index (χ4v) is 3.47. The number of rotatable bonds is 5. The average Bonchev–Trinajstić information content (AvgIpc) is 3.27. The highest BCUT2D eigenvalue weighted by molar-refractivity contribution is 9.10. The monoisotopic (exact) mass is 463 g/mol. The molecule has 1 aliphatic heterocycles. The Kier molecular flexibility index (Phi) is 5.46. The van der Waals surface area contributed by atoms with Crippen LogP contribution in [0, 0.1) is 0 Å². The fourth-order valence-electron chi connectivity index (χ4n) is 3.21. The second kappa shape index (κ2) is 8.03. The number of aromatic amines is 1. The highest BCUT2D eigenvalue weighted by Crippen LogP contribution is 2.30. The number of carbonyl (C=O) groups is 1. The summed E-state index contributed by atoms with van der Waals surface area (Å²) in [6.45, 7) is -0.324. The molecule has 10 nitrogen and oxygen atoms in total. The van der Waals surface area contributed by atoms with Gasteiger partial charge in [-0.1, -0.05) is 28.1 Å². The van der Waals surface area contributed by atoms with Crippen molar-refractivity contribution >= 4 is 38.9 Å². The van der Waals surface area contributed by atoms with Crippen LogP contribution in [0.15, 0.2) is 39.9 Å². The van der Waals surface area contributed by atoms with Crippen molar-refractivity contribution in [2.75, 3.05) is 11.9 Å². The Hall–Kier alpha value is -2.60.